The quantitative estimate of drug-likeness (QED) is 0.761. The number of hydrogen-bond donors (Lipinski definition) is 0. The summed E-state index contributed by atoms with van der Waals surface area (Å²) in [4.78, 5) is 3.47. The Hall–Kier alpha value is -1.12. The summed E-state index contributed by atoms with van der Waals surface area (Å²) in [5.41, 5.74) is 2.64. The summed E-state index contributed by atoms with van der Waals surface area (Å²) in [5, 5.41) is 3.12. The third kappa shape index (κ3) is 2.67. The summed E-state index contributed by atoms with van der Waals surface area (Å²) < 4.78 is 0. The van der Waals surface area contributed by atoms with Gasteiger partial charge in [0, 0.05) is 16.8 Å². The van der Waals surface area contributed by atoms with Gasteiger partial charge >= 0.3 is 0 Å². The molecule has 1 heterocycles. The monoisotopic (exact) mass is 216 g/mol. The van der Waals surface area contributed by atoms with E-state index in [1.54, 1.807) is 11.3 Å². The maximum atomic E-state index is 3.12. The molecule has 2 heteroatoms. The van der Waals surface area contributed by atoms with E-state index in [1.807, 2.05) is 6.07 Å². The van der Waals surface area contributed by atoms with Crippen LogP contribution in [-0.2, 0) is 6.54 Å². The molecule has 1 aromatic carbocycles. The van der Waals surface area contributed by atoms with Crippen LogP contribution in [0.4, 0.5) is 0 Å². The zero-order valence-electron chi connectivity index (χ0n) is 9.03. The number of thiophene rings is 1. The lowest BCUT2D eigenvalue weighted by Crippen LogP contribution is -2.10. The standard InChI is InChI=1S/C13H14NS/c1-14(2)10-11-5-3-6-12(9-11)13-7-4-8-15-13/h3-7,9H,10H2,1-2H3. The van der Waals surface area contributed by atoms with Crippen molar-refractivity contribution in [2.24, 2.45) is 0 Å². The molecular formula is C13H14NS. The Kier molecular flexibility index (Phi) is 3.19. The minimum Gasteiger partial charge on any atom is -0.305 e. The van der Waals surface area contributed by atoms with Gasteiger partial charge < -0.3 is 4.90 Å². The fraction of sp³-hybridized carbons (Fsp3) is 0.231. The van der Waals surface area contributed by atoms with Crippen molar-refractivity contribution in [2.75, 3.05) is 14.1 Å². The van der Waals surface area contributed by atoms with Crippen LogP contribution in [0, 0.1) is 5.38 Å². The second kappa shape index (κ2) is 4.60. The number of benzene rings is 1. The molecule has 1 aromatic heterocycles. The zero-order valence-corrected chi connectivity index (χ0v) is 9.84. The van der Waals surface area contributed by atoms with Gasteiger partial charge in [-0.15, -0.1) is 11.3 Å². The van der Waals surface area contributed by atoms with Crippen LogP contribution >= 0.6 is 11.3 Å². The van der Waals surface area contributed by atoms with Gasteiger partial charge in [-0.05, 0) is 43.4 Å². The Morgan fingerprint density at radius 2 is 2.13 bits per heavy atom. The van der Waals surface area contributed by atoms with E-state index in [-0.39, 0.29) is 0 Å². The summed E-state index contributed by atoms with van der Waals surface area (Å²) in [6, 6.07) is 12.8. The molecule has 2 rings (SSSR count). The van der Waals surface area contributed by atoms with Gasteiger partial charge in [0.15, 0.2) is 0 Å². The predicted molar refractivity (Wildman–Crippen MR) is 66.0 cm³/mol. The molecule has 0 aliphatic carbocycles. The van der Waals surface area contributed by atoms with Gasteiger partial charge in [-0.2, -0.15) is 0 Å². The van der Waals surface area contributed by atoms with Crippen molar-refractivity contribution in [3.63, 3.8) is 0 Å². The second-order valence-corrected chi connectivity index (χ2v) is 4.74. The van der Waals surface area contributed by atoms with E-state index in [0.29, 0.717) is 0 Å². The fourth-order valence-corrected chi connectivity index (χ4v) is 2.23. The van der Waals surface area contributed by atoms with Gasteiger partial charge in [-0.3, -0.25) is 0 Å². The van der Waals surface area contributed by atoms with E-state index in [9.17, 15) is 0 Å². The van der Waals surface area contributed by atoms with Crippen molar-refractivity contribution in [3.05, 3.63) is 47.3 Å². The van der Waals surface area contributed by atoms with E-state index in [2.05, 4.69) is 54.7 Å². The van der Waals surface area contributed by atoms with Gasteiger partial charge in [0.2, 0.25) is 0 Å². The lowest BCUT2D eigenvalue weighted by molar-refractivity contribution is 0.402. The molecule has 0 saturated carbocycles. The van der Waals surface area contributed by atoms with Crippen molar-refractivity contribution >= 4 is 11.3 Å². The van der Waals surface area contributed by atoms with E-state index in [1.165, 1.54) is 16.0 Å². The molecule has 15 heavy (non-hydrogen) atoms. The first-order valence-electron chi connectivity index (χ1n) is 4.95. The SMILES string of the molecule is CN(C)Cc1cccc(-c2cc[c]s2)c1. The summed E-state index contributed by atoms with van der Waals surface area (Å²) in [7, 11) is 4.18. The Balaban J connectivity index is 2.27. The molecule has 0 aliphatic rings. The van der Waals surface area contributed by atoms with Crippen LogP contribution < -0.4 is 0 Å². The van der Waals surface area contributed by atoms with Gasteiger partial charge in [-0.25, -0.2) is 0 Å². The molecule has 0 aliphatic heterocycles. The van der Waals surface area contributed by atoms with Crippen LogP contribution in [0.3, 0.4) is 0 Å². The van der Waals surface area contributed by atoms with Crippen LogP contribution in [-0.4, -0.2) is 19.0 Å². The maximum Gasteiger partial charge on any atom is 0.0449 e. The van der Waals surface area contributed by atoms with Crippen molar-refractivity contribution < 1.29 is 0 Å². The van der Waals surface area contributed by atoms with Gasteiger partial charge in [0.05, 0.1) is 0 Å². The molecule has 0 fully saturated rings. The zero-order chi connectivity index (χ0) is 10.7. The normalized spacial score (nSPS) is 10.9. The first kappa shape index (κ1) is 10.4. The highest BCUT2D eigenvalue weighted by atomic mass is 32.1. The van der Waals surface area contributed by atoms with Gasteiger partial charge in [0.1, 0.15) is 0 Å². The minimum absolute atomic E-state index is 0.989. The molecule has 0 unspecified atom stereocenters. The summed E-state index contributed by atoms with van der Waals surface area (Å²) in [6.45, 7) is 0.989. The molecule has 1 nitrogen and oxygen atoms in total. The lowest BCUT2D eigenvalue weighted by atomic mass is 10.1. The van der Waals surface area contributed by atoms with Crippen LogP contribution in [0.2, 0.25) is 0 Å². The van der Waals surface area contributed by atoms with Gasteiger partial charge in [0.25, 0.3) is 0 Å². The summed E-state index contributed by atoms with van der Waals surface area (Å²) in [5.74, 6) is 0. The van der Waals surface area contributed by atoms with Crippen molar-refractivity contribution in [1.29, 1.82) is 0 Å². The fourth-order valence-electron chi connectivity index (χ4n) is 1.58. The largest absolute Gasteiger partial charge is 0.305 e. The Labute approximate surface area is 95.0 Å². The second-order valence-electron chi connectivity index (χ2n) is 3.86. The Morgan fingerprint density at radius 3 is 2.80 bits per heavy atom. The third-order valence-corrected chi connectivity index (χ3v) is 3.03. The third-order valence-electron chi connectivity index (χ3n) is 2.18. The lowest BCUT2D eigenvalue weighted by Gasteiger charge is -2.10. The van der Waals surface area contributed by atoms with Crippen LogP contribution in [0.5, 0.6) is 0 Å². The molecule has 0 atom stereocenters. The number of hydrogen-bond acceptors (Lipinski definition) is 2. The van der Waals surface area contributed by atoms with Gasteiger partial charge in [-0.1, -0.05) is 18.2 Å². The molecule has 0 N–H and O–H groups in total. The van der Waals surface area contributed by atoms with Crippen LogP contribution in [0.25, 0.3) is 10.4 Å². The summed E-state index contributed by atoms with van der Waals surface area (Å²) in [6.07, 6.45) is 0. The van der Waals surface area contributed by atoms with E-state index in [4.69, 9.17) is 0 Å². The summed E-state index contributed by atoms with van der Waals surface area (Å²) >= 11 is 1.67. The highest BCUT2D eigenvalue weighted by Gasteiger charge is 2.00. The molecule has 0 bridgehead atoms. The maximum absolute atomic E-state index is 3.12. The molecule has 2 aromatic rings. The first-order valence-corrected chi connectivity index (χ1v) is 5.77. The highest BCUT2D eigenvalue weighted by molar-refractivity contribution is 7.13. The highest BCUT2D eigenvalue weighted by Crippen LogP contribution is 2.24. The molecular weight excluding hydrogens is 202 g/mol. The Morgan fingerprint density at radius 1 is 1.27 bits per heavy atom. The average molecular weight is 216 g/mol. The predicted octanol–water partition coefficient (Wildman–Crippen LogP) is 3.28. The first-order chi connectivity index (χ1) is 7.25. The van der Waals surface area contributed by atoms with Crippen molar-refractivity contribution in [3.8, 4) is 10.4 Å². The Bertz CT molecular complexity index is 418. The van der Waals surface area contributed by atoms with E-state index in [0.717, 1.165) is 6.54 Å². The van der Waals surface area contributed by atoms with Crippen LogP contribution in [0.15, 0.2) is 36.4 Å². The van der Waals surface area contributed by atoms with E-state index >= 15 is 0 Å². The molecule has 0 amide bonds. The average Bonchev–Trinajstić information content (AvgIpc) is 2.69. The topological polar surface area (TPSA) is 3.24 Å². The molecule has 0 spiro atoms. The molecule has 77 valence electrons. The van der Waals surface area contributed by atoms with Crippen molar-refractivity contribution in [2.45, 2.75) is 6.54 Å². The van der Waals surface area contributed by atoms with E-state index < -0.39 is 0 Å². The van der Waals surface area contributed by atoms with Crippen molar-refractivity contribution in [1.82, 2.24) is 4.90 Å². The molecule has 1 radical (unpaired) electrons. The number of nitrogens with zero attached hydrogens (tertiary/aromatic N) is 1. The van der Waals surface area contributed by atoms with Crippen LogP contribution in [0.1, 0.15) is 5.56 Å². The minimum atomic E-state index is 0.989. The number of rotatable bonds is 3. The smallest absolute Gasteiger partial charge is 0.0449 e. The molecule has 0 saturated heterocycles.